The molecule has 8 heteroatoms. The van der Waals surface area contributed by atoms with E-state index < -0.39 is 10.0 Å². The van der Waals surface area contributed by atoms with E-state index in [-0.39, 0.29) is 0 Å². The van der Waals surface area contributed by atoms with Crippen molar-refractivity contribution in [1.82, 2.24) is 14.9 Å². The fourth-order valence-electron chi connectivity index (χ4n) is 3.02. The van der Waals surface area contributed by atoms with Crippen molar-refractivity contribution in [3.63, 3.8) is 0 Å². The number of nitrogens with one attached hydrogen (secondary N) is 2. The van der Waals surface area contributed by atoms with Gasteiger partial charge in [-0.15, -0.1) is 0 Å². The molecule has 0 spiro atoms. The first-order valence-electron chi connectivity index (χ1n) is 9.73. The second kappa shape index (κ2) is 11.3. The van der Waals surface area contributed by atoms with Crippen molar-refractivity contribution in [2.24, 2.45) is 10.9 Å². The van der Waals surface area contributed by atoms with Crippen LogP contribution >= 0.6 is 0 Å². The zero-order valence-electron chi connectivity index (χ0n) is 16.4. The van der Waals surface area contributed by atoms with Crippen LogP contribution in [-0.2, 0) is 14.8 Å². The highest BCUT2D eigenvalue weighted by Gasteiger charge is 2.29. The number of hydrogen-bond acceptors (Lipinski definition) is 4. The van der Waals surface area contributed by atoms with E-state index in [1.807, 2.05) is 19.9 Å². The lowest BCUT2D eigenvalue weighted by atomic mass is 9.98. The lowest BCUT2D eigenvalue weighted by Crippen LogP contribution is -2.41. The van der Waals surface area contributed by atoms with Crippen molar-refractivity contribution in [2.45, 2.75) is 31.6 Å². The van der Waals surface area contributed by atoms with Gasteiger partial charge in [0.25, 0.3) is 0 Å². The molecule has 0 aromatic heterocycles. The van der Waals surface area contributed by atoms with E-state index in [0.717, 1.165) is 25.3 Å². The molecule has 0 aliphatic carbocycles. The van der Waals surface area contributed by atoms with Gasteiger partial charge in [0.1, 0.15) is 0 Å². The number of rotatable bonds is 9. The van der Waals surface area contributed by atoms with Crippen LogP contribution in [0.2, 0.25) is 0 Å². The van der Waals surface area contributed by atoms with E-state index in [1.54, 1.807) is 28.6 Å². The number of guanidine groups is 1. The summed E-state index contributed by atoms with van der Waals surface area (Å²) >= 11 is 0. The predicted octanol–water partition coefficient (Wildman–Crippen LogP) is 1.68. The molecule has 0 saturated carbocycles. The Morgan fingerprint density at radius 2 is 1.89 bits per heavy atom. The van der Waals surface area contributed by atoms with Crippen LogP contribution in [0, 0.1) is 5.92 Å². The molecule has 1 aromatic rings. The van der Waals surface area contributed by atoms with Crippen LogP contribution in [0.1, 0.15) is 26.7 Å². The highest BCUT2D eigenvalue weighted by Crippen LogP contribution is 2.23. The molecule has 1 aromatic carbocycles. The molecule has 1 heterocycles. The Bertz CT molecular complexity index is 671. The zero-order valence-corrected chi connectivity index (χ0v) is 17.2. The van der Waals surface area contributed by atoms with E-state index in [9.17, 15) is 8.42 Å². The Labute approximate surface area is 163 Å². The van der Waals surface area contributed by atoms with Crippen LogP contribution in [0.4, 0.5) is 0 Å². The molecule has 0 radical (unpaired) electrons. The summed E-state index contributed by atoms with van der Waals surface area (Å²) in [4.78, 5) is 5.02. The van der Waals surface area contributed by atoms with Gasteiger partial charge in [0.2, 0.25) is 10.0 Å². The molecule has 152 valence electrons. The molecule has 2 N–H and O–H groups in total. The van der Waals surface area contributed by atoms with Crippen LogP contribution < -0.4 is 10.6 Å². The van der Waals surface area contributed by atoms with Crippen LogP contribution in [-0.4, -0.2) is 64.6 Å². The lowest BCUT2D eigenvalue weighted by molar-refractivity contribution is 0.152. The van der Waals surface area contributed by atoms with Gasteiger partial charge in [-0.2, -0.15) is 4.31 Å². The van der Waals surface area contributed by atoms with Crippen molar-refractivity contribution in [2.75, 3.05) is 45.9 Å². The van der Waals surface area contributed by atoms with Gasteiger partial charge in [0, 0.05) is 39.3 Å². The van der Waals surface area contributed by atoms with Gasteiger partial charge in [0.05, 0.1) is 11.5 Å². The van der Waals surface area contributed by atoms with Gasteiger partial charge in [-0.05, 0) is 44.7 Å². The largest absolute Gasteiger partial charge is 0.380 e. The maximum Gasteiger partial charge on any atom is 0.243 e. The molecule has 27 heavy (non-hydrogen) atoms. The molecule has 0 amide bonds. The number of benzene rings is 1. The topological polar surface area (TPSA) is 83.0 Å². The maximum atomic E-state index is 12.7. The van der Waals surface area contributed by atoms with Crippen LogP contribution in [0.25, 0.3) is 0 Å². The molecule has 1 fully saturated rings. The second-order valence-electron chi connectivity index (χ2n) is 6.50. The number of sulfonamides is 1. The van der Waals surface area contributed by atoms with Gasteiger partial charge in [-0.25, -0.2) is 8.42 Å². The summed E-state index contributed by atoms with van der Waals surface area (Å²) in [6.07, 6.45) is 1.65. The van der Waals surface area contributed by atoms with E-state index in [1.165, 1.54) is 0 Å². The van der Waals surface area contributed by atoms with Crippen molar-refractivity contribution in [3.05, 3.63) is 30.3 Å². The number of hydrogen-bond donors (Lipinski definition) is 2. The summed E-state index contributed by atoms with van der Waals surface area (Å²) in [5.41, 5.74) is 0. The fraction of sp³-hybridized carbons (Fsp3) is 0.632. The normalized spacial score (nSPS) is 17.0. The minimum atomic E-state index is -3.38. The van der Waals surface area contributed by atoms with Gasteiger partial charge in [-0.1, -0.05) is 18.2 Å². The highest BCUT2D eigenvalue weighted by molar-refractivity contribution is 7.89. The van der Waals surface area contributed by atoms with Crippen molar-refractivity contribution >= 4 is 16.0 Å². The van der Waals surface area contributed by atoms with Crippen LogP contribution in [0.3, 0.4) is 0 Å². The van der Waals surface area contributed by atoms with Crippen molar-refractivity contribution in [1.29, 1.82) is 0 Å². The molecule has 2 rings (SSSR count). The summed E-state index contributed by atoms with van der Waals surface area (Å²) in [5.74, 6) is 1.19. The van der Waals surface area contributed by atoms with Crippen LogP contribution in [0.15, 0.2) is 40.2 Å². The molecule has 1 aliphatic heterocycles. The number of piperidine rings is 1. The summed E-state index contributed by atoms with van der Waals surface area (Å²) in [6.45, 7) is 8.68. The molecule has 0 atom stereocenters. The molecule has 1 aliphatic rings. The van der Waals surface area contributed by atoms with E-state index in [4.69, 9.17) is 4.74 Å². The molecule has 7 nitrogen and oxygen atoms in total. The Morgan fingerprint density at radius 1 is 1.19 bits per heavy atom. The SMILES string of the molecule is CCNC(=NCC1CCN(S(=O)(=O)c2ccccc2)CC1)NCCOCC. The first-order chi connectivity index (χ1) is 13.1. The molecular formula is C19H32N4O3S. The second-order valence-corrected chi connectivity index (χ2v) is 8.44. The van der Waals surface area contributed by atoms with Gasteiger partial charge in [0.15, 0.2) is 5.96 Å². The van der Waals surface area contributed by atoms with E-state index in [2.05, 4.69) is 15.6 Å². The first kappa shape index (κ1) is 21.7. The number of nitrogens with zero attached hydrogens (tertiary/aromatic N) is 2. The molecule has 0 bridgehead atoms. The number of ether oxygens (including phenoxy) is 1. The molecule has 0 unspecified atom stereocenters. The van der Waals surface area contributed by atoms with Gasteiger partial charge < -0.3 is 15.4 Å². The summed E-state index contributed by atoms with van der Waals surface area (Å²) in [7, 11) is -3.38. The minimum absolute atomic E-state index is 0.370. The smallest absolute Gasteiger partial charge is 0.243 e. The monoisotopic (exact) mass is 396 g/mol. The zero-order chi connectivity index (χ0) is 19.5. The first-order valence-corrected chi connectivity index (χ1v) is 11.2. The number of aliphatic imine (C=N–C) groups is 1. The van der Waals surface area contributed by atoms with Crippen molar-refractivity contribution < 1.29 is 13.2 Å². The fourth-order valence-corrected chi connectivity index (χ4v) is 4.51. The Balaban J connectivity index is 1.83. The average Bonchev–Trinajstić information content (AvgIpc) is 2.70. The van der Waals surface area contributed by atoms with E-state index in [0.29, 0.717) is 50.2 Å². The maximum absolute atomic E-state index is 12.7. The van der Waals surface area contributed by atoms with E-state index >= 15 is 0 Å². The Kier molecular flexibility index (Phi) is 9.03. The third kappa shape index (κ3) is 6.79. The van der Waals surface area contributed by atoms with Gasteiger partial charge in [-0.3, -0.25) is 4.99 Å². The Hall–Kier alpha value is -1.64. The van der Waals surface area contributed by atoms with Crippen molar-refractivity contribution in [3.8, 4) is 0 Å². The highest BCUT2D eigenvalue weighted by atomic mass is 32.2. The van der Waals surface area contributed by atoms with Crippen LogP contribution in [0.5, 0.6) is 0 Å². The average molecular weight is 397 g/mol. The quantitative estimate of drug-likeness (QED) is 0.377. The Morgan fingerprint density at radius 3 is 2.52 bits per heavy atom. The summed E-state index contributed by atoms with van der Waals surface area (Å²) < 4.78 is 32.3. The summed E-state index contributed by atoms with van der Waals surface area (Å²) in [5, 5.41) is 6.49. The standard InChI is InChI=1S/C19H32N4O3S/c1-3-20-19(21-12-15-26-4-2)22-16-17-10-13-23(14-11-17)27(24,25)18-8-6-5-7-9-18/h5-9,17H,3-4,10-16H2,1-2H3,(H2,20,21,22). The molecular weight excluding hydrogens is 364 g/mol. The third-order valence-corrected chi connectivity index (χ3v) is 6.46. The summed E-state index contributed by atoms with van der Waals surface area (Å²) in [6, 6.07) is 8.66. The lowest BCUT2D eigenvalue weighted by Gasteiger charge is -2.30. The van der Waals surface area contributed by atoms with Gasteiger partial charge >= 0.3 is 0 Å². The molecule has 1 saturated heterocycles. The third-order valence-electron chi connectivity index (χ3n) is 4.55. The predicted molar refractivity (Wildman–Crippen MR) is 108 cm³/mol. The minimum Gasteiger partial charge on any atom is -0.380 e.